The van der Waals surface area contributed by atoms with Gasteiger partial charge < -0.3 is 10.3 Å². The number of ketones is 1. The summed E-state index contributed by atoms with van der Waals surface area (Å²) in [4.78, 5) is 42.8. The van der Waals surface area contributed by atoms with Gasteiger partial charge in [-0.1, -0.05) is 11.8 Å². The average Bonchev–Trinajstić information content (AvgIpc) is 3.04. The number of thioether (sulfide) groups is 2. The molecule has 0 saturated carbocycles. The number of carbonyl (C=O) groups is 2. The number of amides is 1. The van der Waals surface area contributed by atoms with Crippen LogP contribution in [0.5, 0.6) is 0 Å². The van der Waals surface area contributed by atoms with Crippen molar-refractivity contribution < 1.29 is 9.59 Å². The summed E-state index contributed by atoms with van der Waals surface area (Å²) in [6.07, 6.45) is 0. The van der Waals surface area contributed by atoms with Crippen molar-refractivity contribution in [2.45, 2.75) is 35.8 Å². The van der Waals surface area contributed by atoms with E-state index in [-0.39, 0.29) is 17.2 Å². The van der Waals surface area contributed by atoms with Gasteiger partial charge in [0.2, 0.25) is 5.91 Å². The Bertz CT molecular complexity index is 878. The summed E-state index contributed by atoms with van der Waals surface area (Å²) in [6.45, 7) is 3.25. The minimum absolute atomic E-state index is 0.0217. The lowest BCUT2D eigenvalue weighted by Gasteiger charge is -2.12. The second-order valence-corrected chi connectivity index (χ2v) is 7.99. The van der Waals surface area contributed by atoms with E-state index in [1.54, 1.807) is 43.0 Å². The lowest BCUT2D eigenvalue weighted by Crippen LogP contribution is -2.23. The first-order valence-electron chi connectivity index (χ1n) is 7.72. The van der Waals surface area contributed by atoms with E-state index >= 15 is 0 Å². The van der Waals surface area contributed by atoms with Crippen molar-refractivity contribution in [1.29, 1.82) is 0 Å². The van der Waals surface area contributed by atoms with Gasteiger partial charge in [-0.15, -0.1) is 0 Å². The number of nitrogens with one attached hydrogen (secondary N) is 2. The van der Waals surface area contributed by atoms with Crippen LogP contribution >= 0.6 is 23.5 Å². The first-order valence-corrected chi connectivity index (χ1v) is 9.76. The maximum atomic E-state index is 12.3. The molecule has 130 valence electrons. The highest BCUT2D eigenvalue weighted by Gasteiger charge is 2.21. The van der Waals surface area contributed by atoms with Crippen LogP contribution < -0.4 is 10.9 Å². The second-order valence-electron chi connectivity index (χ2n) is 5.67. The van der Waals surface area contributed by atoms with E-state index in [1.807, 2.05) is 0 Å². The van der Waals surface area contributed by atoms with Gasteiger partial charge in [0.05, 0.1) is 10.9 Å². The number of rotatable bonds is 5. The normalized spacial score (nSPS) is 14.0. The molecule has 1 aromatic heterocycles. The van der Waals surface area contributed by atoms with Crippen LogP contribution in [0.25, 0.3) is 0 Å². The molecule has 0 bridgehead atoms. The lowest BCUT2D eigenvalue weighted by atomic mass is 10.1. The molecule has 1 unspecified atom stereocenters. The van der Waals surface area contributed by atoms with E-state index in [1.165, 1.54) is 18.7 Å². The number of hydrogen-bond donors (Lipinski definition) is 2. The topological polar surface area (TPSA) is 91.9 Å². The predicted octanol–water partition coefficient (Wildman–Crippen LogP) is 2.84. The fraction of sp³-hybridized carbons (Fsp3) is 0.294. The van der Waals surface area contributed by atoms with E-state index in [0.29, 0.717) is 22.2 Å². The molecule has 1 aromatic carbocycles. The third-order valence-electron chi connectivity index (χ3n) is 3.78. The maximum absolute atomic E-state index is 12.3. The summed E-state index contributed by atoms with van der Waals surface area (Å²) in [5.74, 6) is 1.20. The van der Waals surface area contributed by atoms with Crippen molar-refractivity contribution in [1.82, 2.24) is 9.97 Å². The number of aromatic nitrogens is 2. The molecule has 2 aromatic rings. The van der Waals surface area contributed by atoms with E-state index in [9.17, 15) is 14.4 Å². The number of hydrogen-bond acceptors (Lipinski definition) is 6. The van der Waals surface area contributed by atoms with Gasteiger partial charge in [0.15, 0.2) is 10.9 Å². The number of benzene rings is 1. The van der Waals surface area contributed by atoms with E-state index in [2.05, 4.69) is 15.3 Å². The summed E-state index contributed by atoms with van der Waals surface area (Å²) in [5.41, 5.74) is 2.64. The molecular formula is C17H17N3O3S2. The highest BCUT2D eigenvalue weighted by atomic mass is 32.2. The number of Topliss-reactive ketones (excluding diaryl/α,β-unsaturated/α-hetero) is 1. The number of carbonyl (C=O) groups excluding carboxylic acids is 2. The molecule has 1 atom stereocenters. The first-order chi connectivity index (χ1) is 11.9. The van der Waals surface area contributed by atoms with Crippen molar-refractivity contribution in [2.24, 2.45) is 0 Å². The zero-order valence-electron chi connectivity index (χ0n) is 13.8. The van der Waals surface area contributed by atoms with Crippen molar-refractivity contribution in [2.75, 3.05) is 5.32 Å². The van der Waals surface area contributed by atoms with E-state index in [0.717, 1.165) is 17.0 Å². The van der Waals surface area contributed by atoms with E-state index < -0.39 is 5.25 Å². The van der Waals surface area contributed by atoms with Crippen molar-refractivity contribution in [3.8, 4) is 0 Å². The van der Waals surface area contributed by atoms with Gasteiger partial charge in [0.25, 0.3) is 5.56 Å². The van der Waals surface area contributed by atoms with Crippen molar-refractivity contribution >= 4 is 40.9 Å². The molecule has 1 aliphatic heterocycles. The average molecular weight is 375 g/mol. The molecule has 2 N–H and O–H groups in total. The second kappa shape index (κ2) is 7.45. The molecule has 0 spiro atoms. The number of fused-ring (bicyclic) bond motifs is 1. The lowest BCUT2D eigenvalue weighted by molar-refractivity contribution is -0.115. The summed E-state index contributed by atoms with van der Waals surface area (Å²) in [7, 11) is 0. The molecule has 0 saturated heterocycles. The van der Waals surface area contributed by atoms with Gasteiger partial charge >= 0.3 is 0 Å². The summed E-state index contributed by atoms with van der Waals surface area (Å²) < 4.78 is 0. The molecule has 25 heavy (non-hydrogen) atoms. The van der Waals surface area contributed by atoms with Gasteiger partial charge in [-0.05, 0) is 38.1 Å². The monoisotopic (exact) mass is 375 g/mol. The number of nitrogens with zero attached hydrogens (tertiary/aromatic N) is 1. The van der Waals surface area contributed by atoms with Gasteiger partial charge in [-0.25, -0.2) is 4.98 Å². The third kappa shape index (κ3) is 4.13. The molecule has 8 heteroatoms. The van der Waals surface area contributed by atoms with Gasteiger partial charge in [0, 0.05) is 28.3 Å². The molecule has 2 heterocycles. The Balaban J connectivity index is 1.66. The van der Waals surface area contributed by atoms with Crippen LogP contribution in [0.2, 0.25) is 0 Å². The maximum Gasteiger partial charge on any atom is 0.255 e. The minimum atomic E-state index is -0.428. The van der Waals surface area contributed by atoms with Gasteiger partial charge in [0.1, 0.15) is 0 Å². The number of anilines is 1. The number of H-pyrrole nitrogens is 1. The fourth-order valence-corrected chi connectivity index (χ4v) is 4.20. The zero-order chi connectivity index (χ0) is 18.0. The summed E-state index contributed by atoms with van der Waals surface area (Å²) in [5, 5.41) is 2.83. The van der Waals surface area contributed by atoms with Crippen LogP contribution in [0.1, 0.15) is 35.5 Å². The molecular weight excluding hydrogens is 358 g/mol. The molecule has 1 amide bonds. The number of aromatic amines is 1. The predicted molar refractivity (Wildman–Crippen MR) is 100 cm³/mol. The van der Waals surface area contributed by atoms with Crippen LogP contribution in [0, 0.1) is 0 Å². The fourth-order valence-electron chi connectivity index (χ4n) is 2.35. The molecule has 0 radical (unpaired) electrons. The molecule has 1 aliphatic rings. The first kappa shape index (κ1) is 17.8. The van der Waals surface area contributed by atoms with Gasteiger partial charge in [-0.3, -0.25) is 14.4 Å². The highest BCUT2D eigenvalue weighted by Crippen LogP contribution is 2.28. The zero-order valence-corrected chi connectivity index (χ0v) is 15.4. The summed E-state index contributed by atoms with van der Waals surface area (Å²) in [6, 6.07) is 6.73. The molecule has 0 fully saturated rings. The van der Waals surface area contributed by atoms with E-state index in [4.69, 9.17) is 0 Å². The van der Waals surface area contributed by atoms with Crippen molar-refractivity contribution in [3.05, 3.63) is 51.4 Å². The van der Waals surface area contributed by atoms with Crippen LogP contribution in [0.3, 0.4) is 0 Å². The van der Waals surface area contributed by atoms with Crippen LogP contribution in [-0.2, 0) is 16.3 Å². The Morgan fingerprint density at radius 2 is 2.00 bits per heavy atom. The Morgan fingerprint density at radius 3 is 2.68 bits per heavy atom. The SMILES string of the molecule is CC(=O)c1ccc(NC(=O)C(C)Sc2nc3c(c(=O)[nH]2)CSC3)cc1. The smallest absolute Gasteiger partial charge is 0.255 e. The minimum Gasteiger partial charge on any atom is -0.325 e. The summed E-state index contributed by atoms with van der Waals surface area (Å²) >= 11 is 2.88. The molecule has 3 rings (SSSR count). The molecule has 6 nitrogen and oxygen atoms in total. The Hall–Kier alpha value is -2.06. The Morgan fingerprint density at radius 1 is 1.28 bits per heavy atom. The quantitative estimate of drug-likeness (QED) is 0.474. The standard InChI is InChI=1S/C17H17N3O3S2/c1-9(21)11-3-5-12(6-4-11)18-15(22)10(2)25-17-19-14-8-24-7-13(14)16(23)20-17/h3-6,10H,7-8H2,1-2H3,(H,18,22)(H,19,20,23). The largest absolute Gasteiger partial charge is 0.325 e. The van der Waals surface area contributed by atoms with Crippen LogP contribution in [0.15, 0.2) is 34.2 Å². The third-order valence-corrected chi connectivity index (χ3v) is 5.74. The van der Waals surface area contributed by atoms with Crippen LogP contribution in [-0.4, -0.2) is 26.9 Å². The Kier molecular flexibility index (Phi) is 5.29. The van der Waals surface area contributed by atoms with Crippen molar-refractivity contribution in [3.63, 3.8) is 0 Å². The highest BCUT2D eigenvalue weighted by molar-refractivity contribution is 8.00. The van der Waals surface area contributed by atoms with Crippen LogP contribution in [0.4, 0.5) is 5.69 Å². The molecule has 0 aliphatic carbocycles. The Labute approximate surface area is 153 Å². The van der Waals surface area contributed by atoms with Gasteiger partial charge in [-0.2, -0.15) is 11.8 Å².